The first-order valence-electron chi connectivity index (χ1n) is 3.98. The third kappa shape index (κ3) is 3.44. The Bertz CT molecular complexity index is 370. The zero-order chi connectivity index (χ0) is 10.4. The smallest absolute Gasteiger partial charge is 0.190 e. The fraction of sp³-hybridized carbons (Fsp3) is 0.333. The van der Waals surface area contributed by atoms with E-state index in [1.807, 2.05) is 6.26 Å². The quantitative estimate of drug-likeness (QED) is 0.372. The van der Waals surface area contributed by atoms with Gasteiger partial charge in [-0.15, -0.1) is 5.92 Å². The van der Waals surface area contributed by atoms with E-state index in [2.05, 4.69) is 27.1 Å². The Balaban J connectivity index is 2.74. The number of halogens is 1. The third-order valence-corrected chi connectivity index (χ3v) is 2.13. The van der Waals surface area contributed by atoms with Crippen LogP contribution >= 0.6 is 23.4 Å². The molecule has 0 amide bonds. The maximum atomic E-state index is 5.80. The van der Waals surface area contributed by atoms with Crippen LogP contribution < -0.4 is 5.32 Å². The molecule has 5 heteroatoms. The molecule has 1 aromatic heterocycles. The fourth-order valence-electron chi connectivity index (χ4n) is 0.802. The van der Waals surface area contributed by atoms with Gasteiger partial charge in [-0.2, -0.15) is 0 Å². The van der Waals surface area contributed by atoms with Crippen LogP contribution in [-0.2, 0) is 0 Å². The first-order chi connectivity index (χ1) is 6.76. The molecule has 1 rings (SSSR count). The summed E-state index contributed by atoms with van der Waals surface area (Å²) in [7, 11) is 0. The SMILES string of the molecule is CC#CCNc1cc(Cl)nc(SC)n1. The van der Waals surface area contributed by atoms with Crippen LogP contribution in [0.1, 0.15) is 6.92 Å². The van der Waals surface area contributed by atoms with Gasteiger partial charge in [0.15, 0.2) is 5.16 Å². The van der Waals surface area contributed by atoms with E-state index in [1.54, 1.807) is 13.0 Å². The second-order valence-corrected chi connectivity index (χ2v) is 3.50. The molecule has 0 aliphatic carbocycles. The molecular formula is C9H10ClN3S. The Morgan fingerprint density at radius 3 is 3.00 bits per heavy atom. The Labute approximate surface area is 92.7 Å². The minimum Gasteiger partial charge on any atom is -0.359 e. The van der Waals surface area contributed by atoms with Crippen molar-refractivity contribution < 1.29 is 0 Å². The predicted octanol–water partition coefficient (Wildman–Crippen LogP) is 2.29. The van der Waals surface area contributed by atoms with Gasteiger partial charge in [0, 0.05) is 6.07 Å². The van der Waals surface area contributed by atoms with E-state index >= 15 is 0 Å². The standard InChI is InChI=1S/C9H10ClN3S/c1-3-4-5-11-8-6-7(10)12-9(13-8)14-2/h6H,5H2,1-2H3,(H,11,12,13). The van der Waals surface area contributed by atoms with Gasteiger partial charge < -0.3 is 5.32 Å². The minimum atomic E-state index is 0.441. The highest BCUT2D eigenvalue weighted by atomic mass is 35.5. The van der Waals surface area contributed by atoms with Crippen LogP contribution in [0, 0.1) is 11.8 Å². The minimum absolute atomic E-state index is 0.441. The first-order valence-corrected chi connectivity index (χ1v) is 5.58. The Morgan fingerprint density at radius 2 is 2.36 bits per heavy atom. The molecule has 0 aromatic carbocycles. The lowest BCUT2D eigenvalue weighted by molar-refractivity contribution is 0.969. The molecule has 14 heavy (non-hydrogen) atoms. The van der Waals surface area contributed by atoms with E-state index in [0.29, 0.717) is 22.7 Å². The van der Waals surface area contributed by atoms with Crippen molar-refractivity contribution in [3.05, 3.63) is 11.2 Å². The Kier molecular flexibility index (Phi) is 4.57. The normalized spacial score (nSPS) is 9.07. The number of nitrogens with one attached hydrogen (secondary N) is 1. The molecule has 0 saturated heterocycles. The first kappa shape index (κ1) is 11.2. The van der Waals surface area contributed by atoms with Gasteiger partial charge in [-0.05, 0) is 13.2 Å². The van der Waals surface area contributed by atoms with Crippen molar-refractivity contribution in [2.75, 3.05) is 18.1 Å². The lowest BCUT2D eigenvalue weighted by Gasteiger charge is -2.03. The van der Waals surface area contributed by atoms with Crippen LogP contribution in [0.5, 0.6) is 0 Å². The molecule has 1 heterocycles. The van der Waals surface area contributed by atoms with E-state index < -0.39 is 0 Å². The number of thioether (sulfide) groups is 1. The fourth-order valence-corrected chi connectivity index (χ4v) is 1.41. The van der Waals surface area contributed by atoms with Gasteiger partial charge in [0.1, 0.15) is 11.0 Å². The highest BCUT2D eigenvalue weighted by Gasteiger charge is 2.00. The number of aromatic nitrogens is 2. The van der Waals surface area contributed by atoms with Crippen molar-refractivity contribution in [1.82, 2.24) is 9.97 Å². The van der Waals surface area contributed by atoms with E-state index in [4.69, 9.17) is 11.6 Å². The molecular weight excluding hydrogens is 218 g/mol. The van der Waals surface area contributed by atoms with Crippen molar-refractivity contribution >= 4 is 29.2 Å². The lowest BCUT2D eigenvalue weighted by atomic mass is 10.5. The van der Waals surface area contributed by atoms with Crippen molar-refractivity contribution in [2.45, 2.75) is 12.1 Å². The Morgan fingerprint density at radius 1 is 1.57 bits per heavy atom. The summed E-state index contributed by atoms with van der Waals surface area (Å²) in [6.07, 6.45) is 1.90. The van der Waals surface area contributed by atoms with Crippen LogP contribution in [0.2, 0.25) is 5.15 Å². The van der Waals surface area contributed by atoms with Gasteiger partial charge >= 0.3 is 0 Å². The largest absolute Gasteiger partial charge is 0.359 e. The number of rotatable bonds is 3. The van der Waals surface area contributed by atoms with E-state index in [9.17, 15) is 0 Å². The van der Waals surface area contributed by atoms with Crippen LogP contribution in [0.3, 0.4) is 0 Å². The van der Waals surface area contributed by atoms with Gasteiger partial charge in [-0.25, -0.2) is 9.97 Å². The van der Waals surface area contributed by atoms with Gasteiger partial charge in [0.25, 0.3) is 0 Å². The summed E-state index contributed by atoms with van der Waals surface area (Å²) in [5.41, 5.74) is 0. The van der Waals surface area contributed by atoms with Crippen LogP contribution in [0.4, 0.5) is 5.82 Å². The average Bonchev–Trinajstić information content (AvgIpc) is 2.17. The van der Waals surface area contributed by atoms with Crippen molar-refractivity contribution in [3.8, 4) is 11.8 Å². The number of hydrogen-bond acceptors (Lipinski definition) is 4. The molecule has 74 valence electrons. The molecule has 0 spiro atoms. The molecule has 0 aliphatic rings. The summed E-state index contributed by atoms with van der Waals surface area (Å²) < 4.78 is 0. The van der Waals surface area contributed by atoms with Crippen LogP contribution in [0.25, 0.3) is 0 Å². The van der Waals surface area contributed by atoms with E-state index in [1.165, 1.54) is 11.8 Å². The third-order valence-electron chi connectivity index (χ3n) is 1.39. The molecule has 0 atom stereocenters. The lowest BCUT2D eigenvalue weighted by Crippen LogP contribution is -2.02. The van der Waals surface area contributed by atoms with Gasteiger partial charge in [-0.1, -0.05) is 29.3 Å². The van der Waals surface area contributed by atoms with Crippen molar-refractivity contribution in [1.29, 1.82) is 0 Å². The zero-order valence-electron chi connectivity index (χ0n) is 7.97. The second-order valence-electron chi connectivity index (χ2n) is 2.34. The molecule has 0 fully saturated rings. The van der Waals surface area contributed by atoms with Gasteiger partial charge in [0.05, 0.1) is 6.54 Å². The summed E-state index contributed by atoms with van der Waals surface area (Å²) in [5, 5.41) is 4.14. The summed E-state index contributed by atoms with van der Waals surface area (Å²) in [6.45, 7) is 2.36. The highest BCUT2D eigenvalue weighted by Crippen LogP contribution is 2.16. The Hall–Kier alpha value is -0.920. The molecule has 0 bridgehead atoms. The van der Waals surface area contributed by atoms with E-state index in [-0.39, 0.29) is 0 Å². The molecule has 0 radical (unpaired) electrons. The second kappa shape index (κ2) is 5.74. The predicted molar refractivity (Wildman–Crippen MR) is 60.8 cm³/mol. The maximum absolute atomic E-state index is 5.80. The average molecular weight is 228 g/mol. The zero-order valence-corrected chi connectivity index (χ0v) is 9.54. The molecule has 3 nitrogen and oxygen atoms in total. The summed E-state index contributed by atoms with van der Waals surface area (Å²) in [6, 6.07) is 1.68. The topological polar surface area (TPSA) is 37.8 Å². The van der Waals surface area contributed by atoms with Crippen LogP contribution in [-0.4, -0.2) is 22.8 Å². The van der Waals surface area contributed by atoms with Crippen molar-refractivity contribution in [2.24, 2.45) is 0 Å². The van der Waals surface area contributed by atoms with Crippen LogP contribution in [0.15, 0.2) is 11.2 Å². The summed E-state index contributed by atoms with van der Waals surface area (Å²) >= 11 is 7.25. The van der Waals surface area contributed by atoms with E-state index in [0.717, 1.165) is 0 Å². The van der Waals surface area contributed by atoms with Gasteiger partial charge in [0.2, 0.25) is 0 Å². The molecule has 0 aliphatic heterocycles. The number of anilines is 1. The molecule has 0 unspecified atom stereocenters. The molecule has 1 N–H and O–H groups in total. The number of hydrogen-bond donors (Lipinski definition) is 1. The molecule has 1 aromatic rings. The highest BCUT2D eigenvalue weighted by molar-refractivity contribution is 7.98. The van der Waals surface area contributed by atoms with Crippen molar-refractivity contribution in [3.63, 3.8) is 0 Å². The van der Waals surface area contributed by atoms with Gasteiger partial charge in [-0.3, -0.25) is 0 Å². The monoisotopic (exact) mass is 227 g/mol. The number of nitrogens with zero attached hydrogens (tertiary/aromatic N) is 2. The summed E-state index contributed by atoms with van der Waals surface area (Å²) in [5.74, 6) is 6.37. The summed E-state index contributed by atoms with van der Waals surface area (Å²) in [4.78, 5) is 8.23. The maximum Gasteiger partial charge on any atom is 0.190 e. The molecule has 0 saturated carbocycles.